The molecule has 0 aliphatic heterocycles. The molecular formula is C13H16N4. The number of hydrogen-bond donors (Lipinski definition) is 2. The topological polar surface area (TPSA) is 63.8 Å². The van der Waals surface area contributed by atoms with Crippen LogP contribution in [0.2, 0.25) is 0 Å². The zero-order valence-corrected chi connectivity index (χ0v) is 9.90. The first-order valence-electron chi connectivity index (χ1n) is 5.90. The van der Waals surface area contributed by atoms with Crippen LogP contribution in [0.4, 0.5) is 11.5 Å². The van der Waals surface area contributed by atoms with Crippen molar-refractivity contribution >= 4 is 22.4 Å². The molecule has 0 amide bonds. The molecule has 3 N–H and O–H groups in total. The molecule has 1 aliphatic carbocycles. The first-order chi connectivity index (χ1) is 8.16. The molecule has 0 spiro atoms. The summed E-state index contributed by atoms with van der Waals surface area (Å²) in [5.74, 6) is 0.885. The number of nitrogens with one attached hydrogen (secondary N) is 1. The van der Waals surface area contributed by atoms with E-state index in [2.05, 4.69) is 22.2 Å². The summed E-state index contributed by atoms with van der Waals surface area (Å²) in [6, 6.07) is 5.71. The van der Waals surface area contributed by atoms with Crippen LogP contribution in [0.1, 0.15) is 19.8 Å². The maximum atomic E-state index is 5.80. The van der Waals surface area contributed by atoms with Gasteiger partial charge in [-0.1, -0.05) is 6.92 Å². The summed E-state index contributed by atoms with van der Waals surface area (Å²) in [4.78, 5) is 8.54. The summed E-state index contributed by atoms with van der Waals surface area (Å²) in [6.45, 7) is 3.26. The van der Waals surface area contributed by atoms with Crippen molar-refractivity contribution < 1.29 is 0 Å². The van der Waals surface area contributed by atoms with Gasteiger partial charge >= 0.3 is 0 Å². The van der Waals surface area contributed by atoms with Gasteiger partial charge in [-0.3, -0.25) is 0 Å². The Bertz CT molecular complexity index is 560. The van der Waals surface area contributed by atoms with Crippen LogP contribution in [0.25, 0.3) is 10.9 Å². The Balaban J connectivity index is 1.94. The molecule has 1 saturated carbocycles. The van der Waals surface area contributed by atoms with Gasteiger partial charge in [0.25, 0.3) is 0 Å². The van der Waals surface area contributed by atoms with E-state index >= 15 is 0 Å². The van der Waals surface area contributed by atoms with Gasteiger partial charge in [0, 0.05) is 17.6 Å². The summed E-state index contributed by atoms with van der Waals surface area (Å²) >= 11 is 0. The number of nitrogen functional groups attached to an aromatic ring is 1. The van der Waals surface area contributed by atoms with Gasteiger partial charge in [0.15, 0.2) is 0 Å². The first kappa shape index (κ1) is 10.3. The number of nitrogens with two attached hydrogens (primary N) is 1. The smallest absolute Gasteiger partial charge is 0.137 e. The average molecular weight is 228 g/mol. The third kappa shape index (κ3) is 2.02. The van der Waals surface area contributed by atoms with Crippen molar-refractivity contribution in [1.82, 2.24) is 9.97 Å². The maximum Gasteiger partial charge on any atom is 0.137 e. The Morgan fingerprint density at radius 1 is 1.35 bits per heavy atom. The highest BCUT2D eigenvalue weighted by atomic mass is 15.0. The molecular weight excluding hydrogens is 212 g/mol. The van der Waals surface area contributed by atoms with E-state index in [4.69, 9.17) is 5.73 Å². The number of hydrogen-bond acceptors (Lipinski definition) is 4. The number of anilines is 2. The molecule has 4 nitrogen and oxygen atoms in total. The van der Waals surface area contributed by atoms with Crippen LogP contribution in [0, 0.1) is 5.41 Å². The van der Waals surface area contributed by atoms with Crippen molar-refractivity contribution in [1.29, 1.82) is 0 Å². The third-order valence-corrected chi connectivity index (χ3v) is 3.45. The molecule has 0 radical (unpaired) electrons. The van der Waals surface area contributed by atoms with Crippen molar-refractivity contribution in [2.75, 3.05) is 17.6 Å². The molecule has 0 saturated heterocycles. The van der Waals surface area contributed by atoms with E-state index in [1.165, 1.54) is 12.8 Å². The van der Waals surface area contributed by atoms with Gasteiger partial charge in [-0.15, -0.1) is 0 Å². The van der Waals surface area contributed by atoms with Crippen molar-refractivity contribution in [2.24, 2.45) is 5.41 Å². The number of benzene rings is 1. The summed E-state index contributed by atoms with van der Waals surface area (Å²) in [7, 11) is 0. The van der Waals surface area contributed by atoms with Crippen LogP contribution in [0.3, 0.4) is 0 Å². The van der Waals surface area contributed by atoms with E-state index in [1.807, 2.05) is 18.2 Å². The summed E-state index contributed by atoms with van der Waals surface area (Å²) in [5.41, 5.74) is 7.93. The molecule has 1 aromatic carbocycles. The molecule has 3 rings (SSSR count). The molecule has 1 heterocycles. The monoisotopic (exact) mass is 228 g/mol. The highest BCUT2D eigenvalue weighted by Gasteiger charge is 2.36. The second-order valence-electron chi connectivity index (χ2n) is 5.16. The van der Waals surface area contributed by atoms with Crippen LogP contribution in [0.5, 0.6) is 0 Å². The van der Waals surface area contributed by atoms with Crippen LogP contribution < -0.4 is 11.1 Å². The van der Waals surface area contributed by atoms with Crippen molar-refractivity contribution in [3.05, 3.63) is 24.5 Å². The minimum atomic E-state index is 0.456. The average Bonchev–Trinajstić information content (AvgIpc) is 3.05. The lowest BCUT2D eigenvalue weighted by molar-refractivity contribution is 0.610. The standard InChI is InChI=1S/C13H16N4/c1-13(4-5-13)7-15-12-10-6-9(14)2-3-11(10)16-8-17-12/h2-3,6,8H,4-5,7,14H2,1H3,(H,15,16,17). The molecule has 0 bridgehead atoms. The van der Waals surface area contributed by atoms with Crippen LogP contribution in [0.15, 0.2) is 24.5 Å². The maximum absolute atomic E-state index is 5.80. The fourth-order valence-electron chi connectivity index (χ4n) is 1.90. The molecule has 2 aromatic rings. The van der Waals surface area contributed by atoms with Crippen LogP contribution in [-0.2, 0) is 0 Å². The predicted molar refractivity (Wildman–Crippen MR) is 69.8 cm³/mol. The van der Waals surface area contributed by atoms with E-state index in [0.29, 0.717) is 5.41 Å². The van der Waals surface area contributed by atoms with E-state index in [-0.39, 0.29) is 0 Å². The van der Waals surface area contributed by atoms with E-state index in [0.717, 1.165) is 29.0 Å². The molecule has 1 fully saturated rings. The normalized spacial score (nSPS) is 17.0. The second-order valence-corrected chi connectivity index (χ2v) is 5.16. The second kappa shape index (κ2) is 3.58. The number of aromatic nitrogens is 2. The summed E-state index contributed by atoms with van der Waals surface area (Å²) in [6.07, 6.45) is 4.19. The van der Waals surface area contributed by atoms with Gasteiger partial charge < -0.3 is 11.1 Å². The van der Waals surface area contributed by atoms with Gasteiger partial charge in [-0.25, -0.2) is 9.97 Å². The SMILES string of the molecule is CC1(CNc2ncnc3ccc(N)cc23)CC1. The third-order valence-electron chi connectivity index (χ3n) is 3.45. The van der Waals surface area contributed by atoms with Gasteiger partial charge in [0.05, 0.1) is 5.52 Å². The Morgan fingerprint density at radius 2 is 2.18 bits per heavy atom. The molecule has 1 aromatic heterocycles. The minimum absolute atomic E-state index is 0.456. The predicted octanol–water partition coefficient (Wildman–Crippen LogP) is 2.42. The van der Waals surface area contributed by atoms with Gasteiger partial charge in [-0.2, -0.15) is 0 Å². The van der Waals surface area contributed by atoms with Crippen molar-refractivity contribution in [3.63, 3.8) is 0 Å². The zero-order chi connectivity index (χ0) is 11.9. The van der Waals surface area contributed by atoms with Crippen LogP contribution in [-0.4, -0.2) is 16.5 Å². The lowest BCUT2D eigenvalue weighted by Crippen LogP contribution is -2.13. The largest absolute Gasteiger partial charge is 0.399 e. The van der Waals surface area contributed by atoms with Gasteiger partial charge in [0.2, 0.25) is 0 Å². The fraction of sp³-hybridized carbons (Fsp3) is 0.385. The number of nitrogens with zero attached hydrogens (tertiary/aromatic N) is 2. The van der Waals surface area contributed by atoms with E-state index in [9.17, 15) is 0 Å². The van der Waals surface area contributed by atoms with Crippen molar-refractivity contribution in [3.8, 4) is 0 Å². The van der Waals surface area contributed by atoms with Gasteiger partial charge in [0.1, 0.15) is 12.1 Å². The fourth-order valence-corrected chi connectivity index (χ4v) is 1.90. The Hall–Kier alpha value is -1.84. The first-order valence-corrected chi connectivity index (χ1v) is 5.90. The quantitative estimate of drug-likeness (QED) is 0.792. The van der Waals surface area contributed by atoms with E-state index in [1.54, 1.807) is 6.33 Å². The summed E-state index contributed by atoms with van der Waals surface area (Å²) in [5, 5.41) is 4.41. The number of fused-ring (bicyclic) bond motifs is 1. The molecule has 1 aliphatic rings. The molecule has 17 heavy (non-hydrogen) atoms. The number of rotatable bonds is 3. The highest BCUT2D eigenvalue weighted by Crippen LogP contribution is 2.44. The molecule has 0 unspecified atom stereocenters. The Labute approximate surface area is 100 Å². The van der Waals surface area contributed by atoms with Gasteiger partial charge in [-0.05, 0) is 36.5 Å². The molecule has 4 heteroatoms. The highest BCUT2D eigenvalue weighted by molar-refractivity contribution is 5.91. The Kier molecular flexibility index (Phi) is 2.18. The summed E-state index contributed by atoms with van der Waals surface area (Å²) < 4.78 is 0. The van der Waals surface area contributed by atoms with E-state index < -0.39 is 0 Å². The molecule has 88 valence electrons. The lowest BCUT2D eigenvalue weighted by atomic mass is 10.1. The van der Waals surface area contributed by atoms with Crippen LogP contribution >= 0.6 is 0 Å². The molecule has 0 atom stereocenters. The zero-order valence-electron chi connectivity index (χ0n) is 9.90. The van der Waals surface area contributed by atoms with Crippen molar-refractivity contribution in [2.45, 2.75) is 19.8 Å². The lowest BCUT2D eigenvalue weighted by Gasteiger charge is -2.12. The minimum Gasteiger partial charge on any atom is -0.399 e. The Morgan fingerprint density at radius 3 is 2.94 bits per heavy atom.